The van der Waals surface area contributed by atoms with Gasteiger partial charge in [-0.05, 0) is 0 Å². The van der Waals surface area contributed by atoms with Crippen LogP contribution in [0.1, 0.15) is 39.5 Å². The van der Waals surface area contributed by atoms with Gasteiger partial charge in [0.2, 0.25) is 0 Å². The SMILES string of the molecule is CCC/C=C1\[CH2][Sn]([CH3])([CH3])[CH2]\C1=C\CCC. The Hall–Kier alpha value is 0.279. The molecule has 1 heteroatoms. The summed E-state index contributed by atoms with van der Waals surface area (Å²) in [5.74, 6) is 0. The van der Waals surface area contributed by atoms with E-state index in [0.29, 0.717) is 0 Å². The van der Waals surface area contributed by atoms with Gasteiger partial charge in [0.1, 0.15) is 0 Å². The van der Waals surface area contributed by atoms with E-state index in [9.17, 15) is 0 Å². The van der Waals surface area contributed by atoms with E-state index < -0.39 is 18.4 Å². The first-order valence-electron chi connectivity index (χ1n) is 6.47. The van der Waals surface area contributed by atoms with Gasteiger partial charge in [-0.2, -0.15) is 0 Å². The number of hydrogen-bond acceptors (Lipinski definition) is 0. The minimum atomic E-state index is -1.62. The predicted octanol–water partition coefficient (Wildman–Crippen LogP) is 5.16. The van der Waals surface area contributed by atoms with Crippen molar-refractivity contribution in [3.8, 4) is 0 Å². The summed E-state index contributed by atoms with van der Waals surface area (Å²) < 4.78 is 2.98. The molecule has 0 aliphatic carbocycles. The van der Waals surface area contributed by atoms with Gasteiger partial charge in [0.05, 0.1) is 0 Å². The van der Waals surface area contributed by atoms with Gasteiger partial charge < -0.3 is 0 Å². The third kappa shape index (κ3) is 4.34. The van der Waals surface area contributed by atoms with Crippen molar-refractivity contribution in [2.75, 3.05) is 0 Å². The average Bonchev–Trinajstić information content (AvgIpc) is 2.47. The number of hydrogen-bond donors (Lipinski definition) is 0. The average molecular weight is 313 g/mol. The zero-order chi connectivity index (χ0) is 11.3. The first kappa shape index (κ1) is 13.3. The summed E-state index contributed by atoms with van der Waals surface area (Å²) in [5.41, 5.74) is 3.46. The summed E-state index contributed by atoms with van der Waals surface area (Å²) in [5, 5.41) is 0. The van der Waals surface area contributed by atoms with E-state index in [0.717, 1.165) is 0 Å². The Bertz CT molecular complexity index is 233. The molecule has 1 fully saturated rings. The van der Waals surface area contributed by atoms with Crippen LogP contribution in [0.15, 0.2) is 23.3 Å². The summed E-state index contributed by atoms with van der Waals surface area (Å²) in [4.78, 5) is 5.20. The van der Waals surface area contributed by atoms with Crippen LogP contribution in [0.2, 0.25) is 18.8 Å². The first-order valence-corrected chi connectivity index (χ1v) is 16.2. The molecule has 1 aliphatic rings. The van der Waals surface area contributed by atoms with Crippen LogP contribution in [0.3, 0.4) is 0 Å². The van der Waals surface area contributed by atoms with Crippen LogP contribution in [0.25, 0.3) is 0 Å². The molecule has 1 heterocycles. The molecule has 0 spiro atoms. The van der Waals surface area contributed by atoms with Crippen molar-refractivity contribution >= 4 is 18.4 Å². The van der Waals surface area contributed by atoms with Crippen LogP contribution in [0, 0.1) is 0 Å². The monoisotopic (exact) mass is 314 g/mol. The molecule has 1 saturated heterocycles. The maximum absolute atomic E-state index is 2.60. The van der Waals surface area contributed by atoms with Crippen molar-refractivity contribution in [3.05, 3.63) is 23.3 Å². The van der Waals surface area contributed by atoms with E-state index in [1.165, 1.54) is 34.6 Å². The van der Waals surface area contributed by atoms with Crippen molar-refractivity contribution in [1.82, 2.24) is 0 Å². The summed E-state index contributed by atoms with van der Waals surface area (Å²) in [7, 11) is 0. The van der Waals surface area contributed by atoms with E-state index in [4.69, 9.17) is 0 Å². The molecular formula is C14H26Sn. The molecule has 0 bridgehead atoms. The van der Waals surface area contributed by atoms with Gasteiger partial charge in [0.15, 0.2) is 0 Å². The molecule has 0 N–H and O–H groups in total. The van der Waals surface area contributed by atoms with Gasteiger partial charge in [-0.1, -0.05) is 0 Å². The second-order valence-corrected chi connectivity index (χ2v) is 19.9. The van der Waals surface area contributed by atoms with E-state index in [-0.39, 0.29) is 0 Å². The molecule has 0 aromatic heterocycles. The topological polar surface area (TPSA) is 0 Å². The number of rotatable bonds is 4. The third-order valence-corrected chi connectivity index (χ3v) is 10.7. The maximum atomic E-state index is 2.60. The predicted molar refractivity (Wildman–Crippen MR) is 73.1 cm³/mol. The van der Waals surface area contributed by atoms with Gasteiger partial charge >= 0.3 is 100.0 Å². The van der Waals surface area contributed by atoms with Crippen LogP contribution in [0.5, 0.6) is 0 Å². The van der Waals surface area contributed by atoms with Crippen molar-refractivity contribution < 1.29 is 0 Å². The summed E-state index contributed by atoms with van der Waals surface area (Å²) in [6.45, 7) is 4.55. The number of unbranched alkanes of at least 4 members (excludes halogenated alkanes) is 2. The van der Waals surface area contributed by atoms with E-state index in [2.05, 4.69) is 35.9 Å². The van der Waals surface area contributed by atoms with Crippen LogP contribution >= 0.6 is 0 Å². The van der Waals surface area contributed by atoms with Crippen molar-refractivity contribution in [3.63, 3.8) is 0 Å². The fourth-order valence-corrected chi connectivity index (χ4v) is 10.7. The fraction of sp³-hybridized carbons (Fsp3) is 0.714. The van der Waals surface area contributed by atoms with E-state index in [1.807, 2.05) is 0 Å². The molecule has 0 saturated carbocycles. The summed E-state index contributed by atoms with van der Waals surface area (Å²) in [6.07, 6.45) is 10.2. The standard InChI is InChI=1S/C12H20.2CH3.Sn/c1-5-7-9-11(3)12(4)10-8-6-2;;;/h9-10H,3-8H2,1-2H3;2*1H3;/b11-9-,12-10+;;;. The van der Waals surface area contributed by atoms with Gasteiger partial charge in [0, 0.05) is 0 Å². The Kier molecular flexibility index (Phi) is 5.45. The molecular weight excluding hydrogens is 287 g/mol. The molecule has 86 valence electrons. The quantitative estimate of drug-likeness (QED) is 0.629. The molecule has 0 aromatic rings. The van der Waals surface area contributed by atoms with Crippen LogP contribution < -0.4 is 0 Å². The van der Waals surface area contributed by atoms with Crippen molar-refractivity contribution in [1.29, 1.82) is 0 Å². The number of allylic oxidation sites excluding steroid dienone is 4. The van der Waals surface area contributed by atoms with E-state index in [1.54, 1.807) is 11.1 Å². The Morgan fingerprint density at radius 3 is 1.67 bits per heavy atom. The fourth-order valence-electron chi connectivity index (χ4n) is 2.36. The molecule has 15 heavy (non-hydrogen) atoms. The molecule has 0 unspecified atom stereocenters. The summed E-state index contributed by atoms with van der Waals surface area (Å²) >= 11 is -1.62. The second-order valence-electron chi connectivity index (χ2n) is 5.55. The van der Waals surface area contributed by atoms with Crippen LogP contribution in [0.4, 0.5) is 0 Å². The van der Waals surface area contributed by atoms with Crippen molar-refractivity contribution in [2.45, 2.75) is 58.3 Å². The zero-order valence-electron chi connectivity index (χ0n) is 10.9. The Balaban J connectivity index is 2.74. The van der Waals surface area contributed by atoms with Crippen molar-refractivity contribution in [2.24, 2.45) is 0 Å². The molecule has 0 nitrogen and oxygen atoms in total. The Morgan fingerprint density at radius 2 is 1.33 bits per heavy atom. The summed E-state index contributed by atoms with van der Waals surface area (Å²) in [6, 6.07) is 0. The molecule has 0 atom stereocenters. The second kappa shape index (κ2) is 6.12. The molecule has 0 radical (unpaired) electrons. The van der Waals surface area contributed by atoms with E-state index >= 15 is 0 Å². The normalized spacial score (nSPS) is 25.3. The molecule has 1 aliphatic heterocycles. The van der Waals surface area contributed by atoms with Gasteiger partial charge in [-0.25, -0.2) is 0 Å². The Morgan fingerprint density at radius 1 is 0.933 bits per heavy atom. The molecule has 0 amide bonds. The van der Waals surface area contributed by atoms with Gasteiger partial charge in [0.25, 0.3) is 0 Å². The van der Waals surface area contributed by atoms with Crippen LogP contribution in [-0.2, 0) is 0 Å². The zero-order valence-corrected chi connectivity index (χ0v) is 13.8. The molecule has 0 aromatic carbocycles. The van der Waals surface area contributed by atoms with Crippen LogP contribution in [-0.4, -0.2) is 18.4 Å². The van der Waals surface area contributed by atoms with Gasteiger partial charge in [-0.15, -0.1) is 0 Å². The minimum absolute atomic E-state index is 1.28. The Labute approximate surface area is 99.7 Å². The first-order chi connectivity index (χ1) is 7.09. The molecule has 1 rings (SSSR count). The van der Waals surface area contributed by atoms with Gasteiger partial charge in [-0.3, -0.25) is 0 Å². The third-order valence-electron chi connectivity index (χ3n) is 3.11.